The molecule has 0 aliphatic rings. The number of hydrogen-bond donors (Lipinski definition) is 1. The van der Waals surface area contributed by atoms with Gasteiger partial charge in [0.05, 0.1) is 0 Å². The molecule has 0 fully saturated rings. The third-order valence-electron chi connectivity index (χ3n) is 3.69. The number of nitrogens with zero attached hydrogens (tertiary/aromatic N) is 1. The van der Waals surface area contributed by atoms with Crippen molar-refractivity contribution in [2.75, 3.05) is 13.6 Å². The molecule has 6 heteroatoms. The van der Waals surface area contributed by atoms with E-state index in [1.54, 1.807) is 6.07 Å². The van der Waals surface area contributed by atoms with Crippen LogP contribution in [0, 0.1) is 5.82 Å². The van der Waals surface area contributed by atoms with Crippen molar-refractivity contribution >= 4 is 10.0 Å². The van der Waals surface area contributed by atoms with Crippen LogP contribution < -0.4 is 5.32 Å². The second-order valence-corrected chi connectivity index (χ2v) is 7.00. The van der Waals surface area contributed by atoms with Crippen LogP contribution in [-0.4, -0.2) is 32.4 Å². The normalized spacial score (nSPS) is 12.3. The third kappa shape index (κ3) is 4.25. The Hall–Kier alpha value is -0.980. The minimum atomic E-state index is -3.81. The molecule has 0 bridgehead atoms. The second-order valence-electron chi connectivity index (χ2n) is 5.04. The van der Waals surface area contributed by atoms with Crippen LogP contribution in [0.15, 0.2) is 23.1 Å². The summed E-state index contributed by atoms with van der Waals surface area (Å²) in [6, 6.07) is 4.13. The molecule has 0 aromatic heterocycles. The van der Waals surface area contributed by atoms with Gasteiger partial charge in [0, 0.05) is 19.6 Å². The third-order valence-corrected chi connectivity index (χ3v) is 5.61. The van der Waals surface area contributed by atoms with Crippen molar-refractivity contribution in [2.45, 2.75) is 51.1 Å². The highest BCUT2D eigenvalue weighted by molar-refractivity contribution is 7.89. The molecular formula is C15H25FN2O2S. The average Bonchev–Trinajstić information content (AvgIpc) is 2.47. The van der Waals surface area contributed by atoms with Crippen LogP contribution in [0.3, 0.4) is 0 Å². The highest BCUT2D eigenvalue weighted by Crippen LogP contribution is 2.23. The first kappa shape index (κ1) is 18.1. The van der Waals surface area contributed by atoms with Crippen LogP contribution in [0.2, 0.25) is 0 Å². The van der Waals surface area contributed by atoms with E-state index in [-0.39, 0.29) is 10.9 Å². The van der Waals surface area contributed by atoms with Crippen molar-refractivity contribution in [1.29, 1.82) is 0 Å². The maximum absolute atomic E-state index is 14.0. The number of halogens is 1. The van der Waals surface area contributed by atoms with E-state index in [0.717, 1.165) is 12.1 Å². The van der Waals surface area contributed by atoms with E-state index in [9.17, 15) is 12.8 Å². The van der Waals surface area contributed by atoms with E-state index >= 15 is 0 Å². The van der Waals surface area contributed by atoms with E-state index in [2.05, 4.69) is 5.32 Å². The van der Waals surface area contributed by atoms with Crippen LogP contribution in [0.5, 0.6) is 0 Å². The lowest BCUT2D eigenvalue weighted by Gasteiger charge is -2.25. The van der Waals surface area contributed by atoms with Crippen molar-refractivity contribution in [3.05, 3.63) is 29.6 Å². The molecule has 1 aromatic carbocycles. The van der Waals surface area contributed by atoms with Gasteiger partial charge in [-0.1, -0.05) is 26.8 Å². The molecule has 0 unspecified atom stereocenters. The van der Waals surface area contributed by atoms with Gasteiger partial charge in [0.15, 0.2) is 0 Å². The molecule has 4 nitrogen and oxygen atoms in total. The molecule has 1 aromatic rings. The summed E-state index contributed by atoms with van der Waals surface area (Å²) >= 11 is 0. The smallest absolute Gasteiger partial charge is 0.245 e. The quantitative estimate of drug-likeness (QED) is 0.802. The van der Waals surface area contributed by atoms with Gasteiger partial charge >= 0.3 is 0 Å². The van der Waals surface area contributed by atoms with E-state index in [1.807, 2.05) is 20.8 Å². The first-order valence-corrected chi connectivity index (χ1v) is 8.79. The fourth-order valence-electron chi connectivity index (χ4n) is 2.28. The number of rotatable bonds is 8. The number of benzene rings is 1. The fourth-order valence-corrected chi connectivity index (χ4v) is 3.89. The van der Waals surface area contributed by atoms with Crippen LogP contribution in [0.1, 0.15) is 39.2 Å². The average molecular weight is 316 g/mol. The second kappa shape index (κ2) is 7.87. The van der Waals surface area contributed by atoms with E-state index < -0.39 is 15.8 Å². The molecule has 1 rings (SSSR count). The summed E-state index contributed by atoms with van der Waals surface area (Å²) in [4.78, 5) is -0.243. The Morgan fingerprint density at radius 3 is 2.38 bits per heavy atom. The number of nitrogens with one attached hydrogen (secondary N) is 1. The molecule has 0 heterocycles. The van der Waals surface area contributed by atoms with Crippen LogP contribution in [-0.2, 0) is 16.6 Å². The molecule has 0 saturated carbocycles. The summed E-state index contributed by atoms with van der Waals surface area (Å²) in [5, 5.41) is 3.11. The molecule has 0 aliphatic heterocycles. The summed E-state index contributed by atoms with van der Waals surface area (Å²) in [5.74, 6) is -0.701. The van der Waals surface area contributed by atoms with Gasteiger partial charge in [-0.25, -0.2) is 12.8 Å². The minimum absolute atomic E-state index is 0.119. The van der Waals surface area contributed by atoms with Crippen molar-refractivity contribution < 1.29 is 12.8 Å². The molecule has 0 aliphatic carbocycles. The Bertz CT molecular complexity index is 557. The lowest BCUT2D eigenvalue weighted by atomic mass is 10.2. The Morgan fingerprint density at radius 1 is 1.24 bits per heavy atom. The van der Waals surface area contributed by atoms with Gasteiger partial charge in [0.1, 0.15) is 10.7 Å². The van der Waals surface area contributed by atoms with Gasteiger partial charge in [-0.3, -0.25) is 0 Å². The van der Waals surface area contributed by atoms with Crippen LogP contribution in [0.4, 0.5) is 4.39 Å². The highest BCUT2D eigenvalue weighted by Gasteiger charge is 2.28. The predicted octanol–water partition coefficient (Wildman–Crippen LogP) is 2.74. The van der Waals surface area contributed by atoms with Gasteiger partial charge in [-0.15, -0.1) is 0 Å². The van der Waals surface area contributed by atoms with E-state index in [0.29, 0.717) is 19.4 Å². The zero-order valence-electron chi connectivity index (χ0n) is 13.2. The summed E-state index contributed by atoms with van der Waals surface area (Å²) in [5.41, 5.74) is 0.759. The fraction of sp³-hybridized carbons (Fsp3) is 0.600. The number of hydrogen-bond acceptors (Lipinski definition) is 3. The molecule has 21 heavy (non-hydrogen) atoms. The van der Waals surface area contributed by atoms with Crippen LogP contribution >= 0.6 is 0 Å². The van der Waals surface area contributed by atoms with Gasteiger partial charge < -0.3 is 5.32 Å². The first-order chi connectivity index (χ1) is 9.88. The zero-order valence-corrected chi connectivity index (χ0v) is 14.0. The monoisotopic (exact) mass is 316 g/mol. The predicted molar refractivity (Wildman–Crippen MR) is 83.1 cm³/mol. The maximum atomic E-state index is 14.0. The molecular weight excluding hydrogens is 291 g/mol. The number of sulfonamides is 1. The van der Waals surface area contributed by atoms with Crippen LogP contribution in [0.25, 0.3) is 0 Å². The molecule has 0 radical (unpaired) electrons. The Kier molecular flexibility index (Phi) is 6.77. The van der Waals surface area contributed by atoms with Crippen molar-refractivity contribution in [3.63, 3.8) is 0 Å². The first-order valence-electron chi connectivity index (χ1n) is 7.35. The lowest BCUT2D eigenvalue weighted by molar-refractivity contribution is 0.348. The van der Waals surface area contributed by atoms with Gasteiger partial charge in [-0.05, 0) is 37.1 Å². The molecule has 0 saturated heterocycles. The van der Waals surface area contributed by atoms with Crippen molar-refractivity contribution in [3.8, 4) is 0 Å². The Morgan fingerprint density at radius 2 is 1.86 bits per heavy atom. The minimum Gasteiger partial charge on any atom is -0.313 e. The largest absolute Gasteiger partial charge is 0.313 e. The molecule has 0 amide bonds. The summed E-state index contributed by atoms with van der Waals surface area (Å²) in [7, 11) is -2.29. The standard InChI is InChI=1S/C15H25FN2O2S/c1-5-13(6-2)18(4)21(19,20)15-10-12(11-17-7-3)8-9-14(15)16/h8-10,13,17H,5-7,11H2,1-4H3. The molecule has 120 valence electrons. The zero-order chi connectivity index (χ0) is 16.0. The van der Waals surface area contributed by atoms with Crippen molar-refractivity contribution in [1.82, 2.24) is 9.62 Å². The van der Waals surface area contributed by atoms with Gasteiger partial charge in [-0.2, -0.15) is 4.31 Å². The summed E-state index contributed by atoms with van der Waals surface area (Å²) < 4.78 is 40.5. The molecule has 1 N–H and O–H groups in total. The Labute approximate surface area is 127 Å². The maximum Gasteiger partial charge on any atom is 0.245 e. The Balaban J connectivity index is 3.17. The molecule has 0 atom stereocenters. The van der Waals surface area contributed by atoms with Gasteiger partial charge in [0.25, 0.3) is 0 Å². The topological polar surface area (TPSA) is 49.4 Å². The lowest BCUT2D eigenvalue weighted by Crippen LogP contribution is -2.36. The summed E-state index contributed by atoms with van der Waals surface area (Å²) in [6.07, 6.45) is 1.40. The van der Waals surface area contributed by atoms with E-state index in [1.165, 1.54) is 23.5 Å². The summed E-state index contributed by atoms with van der Waals surface area (Å²) in [6.45, 7) is 7.11. The van der Waals surface area contributed by atoms with E-state index in [4.69, 9.17) is 0 Å². The SMILES string of the molecule is CCNCc1ccc(F)c(S(=O)(=O)N(C)C(CC)CC)c1. The highest BCUT2D eigenvalue weighted by atomic mass is 32.2. The molecule has 0 spiro atoms. The van der Waals surface area contributed by atoms with Gasteiger partial charge in [0.2, 0.25) is 10.0 Å². The van der Waals surface area contributed by atoms with Crippen molar-refractivity contribution in [2.24, 2.45) is 0 Å².